The largest absolute Gasteiger partial charge is 0.397 e. The number of amides is 1. The molecule has 0 fully saturated rings. The van der Waals surface area contributed by atoms with Crippen LogP contribution in [-0.2, 0) is 15.6 Å². The summed E-state index contributed by atoms with van der Waals surface area (Å²) in [6, 6.07) is 12.1. The lowest BCUT2D eigenvalue weighted by Crippen LogP contribution is -2.19. The van der Waals surface area contributed by atoms with Crippen molar-refractivity contribution in [2.24, 2.45) is 0 Å². The van der Waals surface area contributed by atoms with E-state index in [0.717, 1.165) is 5.56 Å². The number of carbonyl (C=O) groups is 1. The number of nitrogen functional groups attached to an aromatic ring is 1. The van der Waals surface area contributed by atoms with Gasteiger partial charge in [-0.15, -0.1) is 0 Å². The van der Waals surface area contributed by atoms with Gasteiger partial charge in [-0.1, -0.05) is 29.3 Å². The quantitative estimate of drug-likeness (QED) is 0.850. The number of hydrogen-bond acceptors (Lipinski definition) is 3. The van der Waals surface area contributed by atoms with Crippen LogP contribution in [0.4, 0.5) is 11.4 Å². The van der Waals surface area contributed by atoms with Crippen LogP contribution in [0.25, 0.3) is 0 Å². The normalized spacial score (nSPS) is 11.9. The predicted octanol–water partition coefficient (Wildman–Crippen LogP) is 2.98. The van der Waals surface area contributed by atoms with Gasteiger partial charge in [-0.2, -0.15) is 0 Å². The molecule has 0 radical (unpaired) electrons. The van der Waals surface area contributed by atoms with E-state index in [1.165, 1.54) is 0 Å². The first kappa shape index (κ1) is 15.5. The molecule has 3 N–H and O–H groups in total. The Morgan fingerprint density at radius 3 is 2.52 bits per heavy atom. The lowest BCUT2D eigenvalue weighted by molar-refractivity contribution is -0.113. The van der Waals surface area contributed by atoms with Crippen molar-refractivity contribution in [3.8, 4) is 0 Å². The third-order valence-corrected chi connectivity index (χ3v) is 4.49. The average Bonchev–Trinajstić information content (AvgIpc) is 2.43. The molecule has 0 saturated carbocycles. The summed E-state index contributed by atoms with van der Waals surface area (Å²) >= 11 is 5.81. The molecule has 2 rings (SSSR count). The van der Waals surface area contributed by atoms with Crippen LogP contribution in [0.3, 0.4) is 0 Å². The van der Waals surface area contributed by atoms with Gasteiger partial charge < -0.3 is 11.1 Å². The van der Waals surface area contributed by atoms with E-state index >= 15 is 0 Å². The molecule has 1 atom stereocenters. The molecule has 1 amide bonds. The Kier molecular flexibility index (Phi) is 4.98. The zero-order valence-corrected chi connectivity index (χ0v) is 13.0. The van der Waals surface area contributed by atoms with Crippen molar-refractivity contribution in [3.05, 3.63) is 53.1 Å². The van der Waals surface area contributed by atoms with E-state index in [0.29, 0.717) is 21.3 Å². The van der Waals surface area contributed by atoms with Crippen molar-refractivity contribution in [3.63, 3.8) is 0 Å². The van der Waals surface area contributed by atoms with Gasteiger partial charge in [-0.25, -0.2) is 0 Å². The Balaban J connectivity index is 1.99. The highest BCUT2D eigenvalue weighted by Crippen LogP contribution is 2.22. The average molecular weight is 323 g/mol. The second-order valence-electron chi connectivity index (χ2n) is 4.59. The van der Waals surface area contributed by atoms with E-state index < -0.39 is 10.8 Å². The zero-order valence-electron chi connectivity index (χ0n) is 11.4. The predicted molar refractivity (Wildman–Crippen MR) is 86.9 cm³/mol. The fraction of sp³-hybridized carbons (Fsp3) is 0.133. The number of nitrogens with two attached hydrogens (primary N) is 1. The van der Waals surface area contributed by atoms with Gasteiger partial charge in [-0.3, -0.25) is 9.00 Å². The summed E-state index contributed by atoms with van der Waals surface area (Å²) in [5.74, 6) is -0.443. The van der Waals surface area contributed by atoms with Crippen molar-refractivity contribution in [2.75, 3.05) is 16.8 Å². The number of aryl methyl sites for hydroxylation is 1. The van der Waals surface area contributed by atoms with Crippen LogP contribution in [0.2, 0.25) is 5.02 Å². The van der Waals surface area contributed by atoms with Crippen molar-refractivity contribution in [1.29, 1.82) is 0 Å². The highest BCUT2D eigenvalue weighted by atomic mass is 35.5. The molecule has 6 heteroatoms. The topological polar surface area (TPSA) is 72.2 Å². The van der Waals surface area contributed by atoms with Crippen LogP contribution >= 0.6 is 11.6 Å². The van der Waals surface area contributed by atoms with E-state index in [1.807, 2.05) is 19.1 Å². The first-order valence-electron chi connectivity index (χ1n) is 6.25. The van der Waals surface area contributed by atoms with Crippen molar-refractivity contribution in [2.45, 2.75) is 11.8 Å². The van der Waals surface area contributed by atoms with Gasteiger partial charge in [0.15, 0.2) is 0 Å². The SMILES string of the molecule is Cc1ccc(S(=O)CC(=O)Nc2ccc(Cl)c(N)c2)cc1. The van der Waals surface area contributed by atoms with Gasteiger partial charge in [0, 0.05) is 10.6 Å². The van der Waals surface area contributed by atoms with Gasteiger partial charge in [-0.05, 0) is 37.3 Å². The third kappa shape index (κ3) is 4.31. The van der Waals surface area contributed by atoms with Crippen LogP contribution < -0.4 is 11.1 Å². The van der Waals surface area contributed by atoms with E-state index in [9.17, 15) is 9.00 Å². The molecule has 0 saturated heterocycles. The fourth-order valence-corrected chi connectivity index (χ4v) is 2.75. The van der Waals surface area contributed by atoms with Gasteiger partial charge >= 0.3 is 0 Å². The van der Waals surface area contributed by atoms with Gasteiger partial charge in [0.1, 0.15) is 5.75 Å². The number of anilines is 2. The van der Waals surface area contributed by atoms with Crippen LogP contribution in [0.1, 0.15) is 5.56 Å². The Morgan fingerprint density at radius 2 is 1.90 bits per heavy atom. The van der Waals surface area contributed by atoms with Crippen LogP contribution in [0.5, 0.6) is 0 Å². The molecule has 21 heavy (non-hydrogen) atoms. The number of carbonyl (C=O) groups excluding carboxylic acids is 1. The first-order valence-corrected chi connectivity index (χ1v) is 7.95. The summed E-state index contributed by atoms with van der Waals surface area (Å²) in [5, 5.41) is 3.08. The molecule has 0 bridgehead atoms. The molecule has 0 heterocycles. The summed E-state index contributed by atoms with van der Waals surface area (Å²) < 4.78 is 12.1. The molecule has 0 aliphatic rings. The Hall–Kier alpha value is -1.85. The molecule has 0 spiro atoms. The molecular formula is C15H15ClN2O2S. The van der Waals surface area contributed by atoms with E-state index in [4.69, 9.17) is 17.3 Å². The molecule has 1 unspecified atom stereocenters. The molecule has 2 aromatic rings. The standard InChI is InChI=1S/C15H15ClN2O2S/c1-10-2-5-12(6-3-10)21(20)9-15(19)18-11-4-7-13(16)14(17)8-11/h2-8H,9,17H2,1H3,(H,18,19). The van der Waals surface area contributed by atoms with E-state index in [-0.39, 0.29) is 11.7 Å². The summed E-state index contributed by atoms with van der Waals surface area (Å²) in [5.41, 5.74) is 7.65. The van der Waals surface area contributed by atoms with Gasteiger partial charge in [0.05, 0.1) is 21.5 Å². The maximum atomic E-state index is 12.1. The number of halogens is 1. The fourth-order valence-electron chi connectivity index (χ4n) is 1.71. The van der Waals surface area contributed by atoms with Crippen molar-refractivity contribution in [1.82, 2.24) is 0 Å². The zero-order chi connectivity index (χ0) is 15.4. The Bertz CT molecular complexity index is 687. The monoisotopic (exact) mass is 322 g/mol. The summed E-state index contributed by atoms with van der Waals surface area (Å²) in [6.45, 7) is 1.95. The minimum atomic E-state index is -1.37. The summed E-state index contributed by atoms with van der Waals surface area (Å²) in [6.07, 6.45) is 0. The minimum Gasteiger partial charge on any atom is -0.397 e. The number of benzene rings is 2. The highest BCUT2D eigenvalue weighted by Gasteiger charge is 2.11. The molecule has 0 aromatic heterocycles. The second-order valence-corrected chi connectivity index (χ2v) is 6.45. The Morgan fingerprint density at radius 1 is 1.24 bits per heavy atom. The number of nitrogens with one attached hydrogen (secondary N) is 1. The molecule has 0 aliphatic heterocycles. The molecule has 4 nitrogen and oxygen atoms in total. The lowest BCUT2D eigenvalue weighted by atomic mass is 10.2. The smallest absolute Gasteiger partial charge is 0.237 e. The first-order chi connectivity index (χ1) is 9.95. The van der Waals surface area contributed by atoms with E-state index in [1.54, 1.807) is 30.3 Å². The second kappa shape index (κ2) is 6.74. The number of rotatable bonds is 4. The lowest BCUT2D eigenvalue weighted by Gasteiger charge is -2.07. The summed E-state index contributed by atoms with van der Waals surface area (Å²) in [4.78, 5) is 12.5. The molecular weight excluding hydrogens is 308 g/mol. The minimum absolute atomic E-state index is 0.106. The highest BCUT2D eigenvalue weighted by molar-refractivity contribution is 7.85. The molecule has 0 aliphatic carbocycles. The Labute approximate surface area is 130 Å². The molecule has 110 valence electrons. The third-order valence-electron chi connectivity index (χ3n) is 2.83. The van der Waals surface area contributed by atoms with Crippen LogP contribution in [0, 0.1) is 6.92 Å². The summed E-state index contributed by atoms with van der Waals surface area (Å²) in [7, 11) is -1.37. The van der Waals surface area contributed by atoms with Crippen molar-refractivity contribution >= 4 is 39.7 Å². The van der Waals surface area contributed by atoms with Gasteiger partial charge in [0.25, 0.3) is 0 Å². The molecule has 2 aromatic carbocycles. The van der Waals surface area contributed by atoms with Gasteiger partial charge in [0.2, 0.25) is 5.91 Å². The van der Waals surface area contributed by atoms with E-state index in [2.05, 4.69) is 5.32 Å². The maximum absolute atomic E-state index is 12.1. The number of hydrogen-bond donors (Lipinski definition) is 2. The van der Waals surface area contributed by atoms with Crippen LogP contribution in [-0.4, -0.2) is 15.9 Å². The van der Waals surface area contributed by atoms with Crippen molar-refractivity contribution < 1.29 is 9.00 Å². The van der Waals surface area contributed by atoms with Crippen LogP contribution in [0.15, 0.2) is 47.4 Å². The maximum Gasteiger partial charge on any atom is 0.237 e.